The molecule has 26 heavy (non-hydrogen) atoms. The molecular weight excluding hydrogens is 332 g/mol. The van der Waals surface area contributed by atoms with Crippen LogP contribution in [0.3, 0.4) is 0 Å². The Morgan fingerprint density at radius 2 is 2.08 bits per heavy atom. The number of aryl methyl sites for hydroxylation is 1. The zero-order chi connectivity index (χ0) is 18.9. The fourth-order valence-electron chi connectivity index (χ4n) is 2.26. The molecule has 1 amide bonds. The number of hydrazone groups is 1. The van der Waals surface area contributed by atoms with Crippen molar-refractivity contribution in [2.24, 2.45) is 5.10 Å². The maximum atomic E-state index is 12.0. The largest absolute Gasteiger partial charge is 0.467 e. The lowest BCUT2D eigenvalue weighted by Crippen LogP contribution is -2.26. The first kappa shape index (κ1) is 19.1. The van der Waals surface area contributed by atoms with E-state index in [4.69, 9.17) is 9.47 Å². The zero-order valence-electron chi connectivity index (χ0n) is 14.9. The predicted octanol–water partition coefficient (Wildman–Crippen LogP) is 2.33. The van der Waals surface area contributed by atoms with E-state index in [2.05, 4.69) is 15.5 Å². The first-order valence-electron chi connectivity index (χ1n) is 7.96. The molecule has 1 aromatic carbocycles. The van der Waals surface area contributed by atoms with Gasteiger partial charge in [0.25, 0.3) is 5.91 Å². The van der Waals surface area contributed by atoms with Crippen LogP contribution in [0, 0.1) is 18.3 Å². The van der Waals surface area contributed by atoms with Crippen LogP contribution in [0.15, 0.2) is 41.5 Å². The van der Waals surface area contributed by atoms with Crippen molar-refractivity contribution in [1.29, 1.82) is 5.26 Å². The van der Waals surface area contributed by atoms with Gasteiger partial charge in [0, 0.05) is 18.4 Å². The molecule has 134 valence electrons. The molecule has 2 aromatic rings. The van der Waals surface area contributed by atoms with Gasteiger partial charge in [-0.2, -0.15) is 10.4 Å². The van der Waals surface area contributed by atoms with Crippen molar-refractivity contribution >= 4 is 11.6 Å². The number of methoxy groups -OCH3 is 1. The number of nitrogens with one attached hydrogen (secondary N) is 1. The van der Waals surface area contributed by atoms with Crippen molar-refractivity contribution in [2.45, 2.75) is 20.5 Å². The number of ether oxygens (including phenoxy) is 2. The van der Waals surface area contributed by atoms with Crippen LogP contribution < -0.4 is 10.2 Å². The highest BCUT2D eigenvalue weighted by molar-refractivity contribution is 5.99. The third-order valence-corrected chi connectivity index (χ3v) is 3.49. The molecule has 0 atom stereocenters. The molecule has 1 aromatic heterocycles. The number of pyridine rings is 1. The number of nitriles is 1. The summed E-state index contributed by atoms with van der Waals surface area (Å²) < 4.78 is 10.5. The molecule has 0 spiro atoms. The highest BCUT2D eigenvalue weighted by Crippen LogP contribution is 2.21. The molecule has 0 bridgehead atoms. The molecular formula is C19H20N4O3. The number of amides is 1. The number of nitrogens with zero attached hydrogens (tertiary/aromatic N) is 3. The Morgan fingerprint density at radius 1 is 1.35 bits per heavy atom. The van der Waals surface area contributed by atoms with Crippen molar-refractivity contribution in [3.8, 4) is 11.9 Å². The monoisotopic (exact) mass is 352 g/mol. The van der Waals surface area contributed by atoms with Crippen LogP contribution >= 0.6 is 0 Å². The molecule has 0 unspecified atom stereocenters. The molecule has 2 rings (SSSR count). The fraction of sp³-hybridized carbons (Fsp3) is 0.263. The van der Waals surface area contributed by atoms with Crippen LogP contribution in [0.25, 0.3) is 0 Å². The van der Waals surface area contributed by atoms with E-state index in [0.717, 1.165) is 5.56 Å². The van der Waals surface area contributed by atoms with Gasteiger partial charge in [-0.15, -0.1) is 0 Å². The molecule has 1 heterocycles. The second kappa shape index (κ2) is 9.30. The summed E-state index contributed by atoms with van der Waals surface area (Å²) in [6, 6.07) is 13.3. The lowest BCUT2D eigenvalue weighted by Gasteiger charge is -2.11. The van der Waals surface area contributed by atoms with Gasteiger partial charge in [0.15, 0.2) is 6.61 Å². The number of benzene rings is 1. The van der Waals surface area contributed by atoms with Gasteiger partial charge in [-0.05, 0) is 25.5 Å². The molecule has 7 heteroatoms. The molecule has 7 nitrogen and oxygen atoms in total. The van der Waals surface area contributed by atoms with Gasteiger partial charge in [0.05, 0.1) is 12.3 Å². The van der Waals surface area contributed by atoms with Gasteiger partial charge in [0.2, 0.25) is 5.88 Å². The number of carbonyl (C=O) groups is 1. The van der Waals surface area contributed by atoms with Crippen LogP contribution in [0.4, 0.5) is 0 Å². The Balaban J connectivity index is 2.02. The predicted molar refractivity (Wildman–Crippen MR) is 96.7 cm³/mol. The van der Waals surface area contributed by atoms with Gasteiger partial charge in [-0.3, -0.25) is 4.79 Å². The van der Waals surface area contributed by atoms with Gasteiger partial charge in [0.1, 0.15) is 11.6 Å². The number of hydrogen-bond acceptors (Lipinski definition) is 6. The lowest BCUT2D eigenvalue weighted by molar-refractivity contribution is -0.123. The van der Waals surface area contributed by atoms with E-state index >= 15 is 0 Å². The average molecular weight is 352 g/mol. The van der Waals surface area contributed by atoms with Crippen LogP contribution in [0.5, 0.6) is 5.88 Å². The summed E-state index contributed by atoms with van der Waals surface area (Å²) in [4.78, 5) is 16.2. The Morgan fingerprint density at radius 3 is 2.73 bits per heavy atom. The smallest absolute Gasteiger partial charge is 0.278 e. The second-order valence-electron chi connectivity index (χ2n) is 5.53. The van der Waals surface area contributed by atoms with Gasteiger partial charge in [-0.25, -0.2) is 10.4 Å². The maximum absolute atomic E-state index is 12.0. The van der Waals surface area contributed by atoms with Gasteiger partial charge < -0.3 is 9.47 Å². The molecule has 0 aliphatic heterocycles. The minimum atomic E-state index is -0.444. The SMILES string of the molecule is COCc1cc(C)nc(OCC(=O)N/N=C(\C)c2ccccc2)c1C#N. The van der Waals surface area contributed by atoms with Crippen LogP contribution in [-0.4, -0.2) is 30.3 Å². The molecule has 0 aliphatic carbocycles. The van der Waals surface area contributed by atoms with E-state index in [1.807, 2.05) is 36.4 Å². The Kier molecular flexibility index (Phi) is 6.83. The van der Waals surface area contributed by atoms with E-state index in [0.29, 0.717) is 17.0 Å². The zero-order valence-corrected chi connectivity index (χ0v) is 14.9. The minimum absolute atomic E-state index is 0.110. The van der Waals surface area contributed by atoms with E-state index in [1.54, 1.807) is 19.9 Å². The highest BCUT2D eigenvalue weighted by Gasteiger charge is 2.14. The fourth-order valence-corrected chi connectivity index (χ4v) is 2.26. The molecule has 0 saturated carbocycles. The summed E-state index contributed by atoms with van der Waals surface area (Å²) in [7, 11) is 1.54. The Labute approximate surface area is 152 Å². The normalized spacial score (nSPS) is 10.9. The molecule has 1 N–H and O–H groups in total. The van der Waals surface area contributed by atoms with Gasteiger partial charge >= 0.3 is 0 Å². The number of rotatable bonds is 7. The number of aromatic nitrogens is 1. The second-order valence-corrected chi connectivity index (χ2v) is 5.53. The topological polar surface area (TPSA) is 96.6 Å². The van der Waals surface area contributed by atoms with Gasteiger partial charge in [-0.1, -0.05) is 30.3 Å². The number of carbonyl (C=O) groups excluding carboxylic acids is 1. The molecule has 0 saturated heterocycles. The average Bonchev–Trinajstić information content (AvgIpc) is 2.65. The molecule has 0 fully saturated rings. The van der Waals surface area contributed by atoms with Crippen molar-refractivity contribution in [3.63, 3.8) is 0 Å². The molecule has 0 aliphatic rings. The maximum Gasteiger partial charge on any atom is 0.278 e. The summed E-state index contributed by atoms with van der Waals surface area (Å²) in [6.07, 6.45) is 0. The lowest BCUT2D eigenvalue weighted by atomic mass is 10.1. The van der Waals surface area contributed by atoms with E-state index in [1.165, 1.54) is 7.11 Å². The third-order valence-electron chi connectivity index (χ3n) is 3.49. The van der Waals surface area contributed by atoms with E-state index < -0.39 is 5.91 Å². The first-order chi connectivity index (χ1) is 12.5. The van der Waals surface area contributed by atoms with Crippen molar-refractivity contribution in [1.82, 2.24) is 10.4 Å². The van der Waals surface area contributed by atoms with Crippen LogP contribution in [0.1, 0.15) is 29.3 Å². The Bertz CT molecular complexity index is 842. The van der Waals surface area contributed by atoms with Crippen LogP contribution in [-0.2, 0) is 16.1 Å². The molecule has 0 radical (unpaired) electrons. The minimum Gasteiger partial charge on any atom is -0.467 e. The third kappa shape index (κ3) is 5.13. The summed E-state index contributed by atoms with van der Waals surface area (Å²) in [5.41, 5.74) is 5.61. The standard InChI is InChI=1S/C19H20N4O3/c1-13-9-16(11-25-3)17(10-20)19(21-13)26-12-18(24)23-22-14(2)15-7-5-4-6-8-15/h4-9H,11-12H2,1-3H3,(H,23,24)/b22-14+. The Hall–Kier alpha value is -3.24. The van der Waals surface area contributed by atoms with Crippen molar-refractivity contribution < 1.29 is 14.3 Å². The van der Waals surface area contributed by atoms with Crippen molar-refractivity contribution in [2.75, 3.05) is 13.7 Å². The summed E-state index contributed by atoms with van der Waals surface area (Å²) in [5, 5.41) is 13.4. The first-order valence-corrected chi connectivity index (χ1v) is 7.96. The highest BCUT2D eigenvalue weighted by atomic mass is 16.5. The van der Waals surface area contributed by atoms with Crippen LogP contribution in [0.2, 0.25) is 0 Å². The summed E-state index contributed by atoms with van der Waals surface area (Å²) in [6.45, 7) is 3.53. The number of hydrogen-bond donors (Lipinski definition) is 1. The quantitative estimate of drug-likeness (QED) is 0.609. The summed E-state index contributed by atoms with van der Waals surface area (Å²) >= 11 is 0. The van der Waals surface area contributed by atoms with E-state index in [-0.39, 0.29) is 24.7 Å². The summed E-state index contributed by atoms with van der Waals surface area (Å²) in [5.74, 6) is -0.334. The van der Waals surface area contributed by atoms with Crippen molar-refractivity contribution in [3.05, 3.63) is 58.8 Å². The van der Waals surface area contributed by atoms with E-state index in [9.17, 15) is 10.1 Å².